The number of carbonyl (C=O) groups is 1. The summed E-state index contributed by atoms with van der Waals surface area (Å²) >= 11 is 9.36. The summed E-state index contributed by atoms with van der Waals surface area (Å²) in [5.74, 6) is -0.223. The maximum Gasteiger partial charge on any atom is 0.259 e. The van der Waals surface area contributed by atoms with E-state index in [2.05, 4.69) is 31.4 Å². The highest BCUT2D eigenvalue weighted by molar-refractivity contribution is 9.10. The van der Waals surface area contributed by atoms with E-state index >= 15 is 0 Å². The lowest BCUT2D eigenvalue weighted by Gasteiger charge is -2.07. The van der Waals surface area contributed by atoms with E-state index in [0.717, 1.165) is 10.2 Å². The molecule has 0 saturated heterocycles. The zero-order chi connectivity index (χ0) is 13.3. The van der Waals surface area contributed by atoms with Gasteiger partial charge in [0.15, 0.2) is 0 Å². The fourth-order valence-corrected chi connectivity index (χ4v) is 2.19. The Bertz CT molecular complexity index is 590. The Balaban J connectivity index is 2.30. The van der Waals surface area contributed by atoms with Crippen molar-refractivity contribution in [2.45, 2.75) is 13.8 Å². The average Bonchev–Trinajstić information content (AvgIpc) is 2.63. The van der Waals surface area contributed by atoms with Crippen molar-refractivity contribution in [2.75, 3.05) is 5.32 Å². The molecule has 1 aromatic heterocycles. The molecule has 18 heavy (non-hydrogen) atoms. The zero-order valence-corrected chi connectivity index (χ0v) is 12.2. The van der Waals surface area contributed by atoms with Crippen LogP contribution in [0.4, 0.5) is 5.69 Å². The van der Waals surface area contributed by atoms with Gasteiger partial charge < -0.3 is 5.32 Å². The molecule has 4 nitrogen and oxygen atoms in total. The second-order valence-electron chi connectivity index (χ2n) is 3.89. The Morgan fingerprint density at radius 2 is 2.17 bits per heavy atom. The van der Waals surface area contributed by atoms with Gasteiger partial charge in [0.2, 0.25) is 0 Å². The summed E-state index contributed by atoms with van der Waals surface area (Å²) in [5.41, 5.74) is 2.51. The van der Waals surface area contributed by atoms with Crippen molar-refractivity contribution in [3.63, 3.8) is 0 Å². The number of H-pyrrole nitrogens is 1. The van der Waals surface area contributed by atoms with Crippen molar-refractivity contribution in [2.24, 2.45) is 0 Å². The maximum atomic E-state index is 12.1. The monoisotopic (exact) mass is 327 g/mol. The number of hydrogen-bond donors (Lipinski definition) is 2. The standard InChI is InChI=1S/C12H11BrClN3O/c1-6-11(7(2)17-16-6)12(18)15-10-5-8(13)3-4-9(10)14/h3-5H,1-2H3,(H,15,18)(H,16,17). The molecular formula is C12H11BrClN3O. The van der Waals surface area contributed by atoms with Gasteiger partial charge in [-0.15, -0.1) is 0 Å². The van der Waals surface area contributed by atoms with E-state index in [9.17, 15) is 4.79 Å². The van der Waals surface area contributed by atoms with E-state index in [-0.39, 0.29) is 5.91 Å². The molecule has 94 valence electrons. The minimum absolute atomic E-state index is 0.223. The van der Waals surface area contributed by atoms with Crippen LogP contribution in [0.2, 0.25) is 5.02 Å². The predicted molar refractivity (Wildman–Crippen MR) is 75.2 cm³/mol. The third-order valence-electron chi connectivity index (χ3n) is 2.53. The summed E-state index contributed by atoms with van der Waals surface area (Å²) in [6.07, 6.45) is 0. The summed E-state index contributed by atoms with van der Waals surface area (Å²) in [4.78, 5) is 12.1. The topological polar surface area (TPSA) is 57.8 Å². The summed E-state index contributed by atoms with van der Waals surface area (Å²) in [7, 11) is 0. The number of rotatable bonds is 2. The van der Waals surface area contributed by atoms with Gasteiger partial charge in [0, 0.05) is 10.2 Å². The van der Waals surface area contributed by atoms with Crippen LogP contribution in [0.3, 0.4) is 0 Å². The lowest BCUT2D eigenvalue weighted by molar-refractivity contribution is 0.102. The number of aromatic nitrogens is 2. The average molecular weight is 329 g/mol. The molecule has 6 heteroatoms. The van der Waals surface area contributed by atoms with Crippen LogP contribution in [0.5, 0.6) is 0 Å². The van der Waals surface area contributed by atoms with Crippen molar-refractivity contribution >= 4 is 39.1 Å². The minimum Gasteiger partial charge on any atom is -0.320 e. The van der Waals surface area contributed by atoms with Crippen molar-refractivity contribution in [3.05, 3.63) is 44.6 Å². The van der Waals surface area contributed by atoms with Gasteiger partial charge in [0.05, 0.1) is 22.0 Å². The van der Waals surface area contributed by atoms with Crippen LogP contribution >= 0.6 is 27.5 Å². The van der Waals surface area contributed by atoms with E-state index in [0.29, 0.717) is 22.0 Å². The number of halogens is 2. The lowest BCUT2D eigenvalue weighted by Crippen LogP contribution is -2.14. The number of nitrogens with zero attached hydrogens (tertiary/aromatic N) is 1. The predicted octanol–water partition coefficient (Wildman–Crippen LogP) is 3.69. The van der Waals surface area contributed by atoms with Crippen molar-refractivity contribution in [1.82, 2.24) is 10.2 Å². The van der Waals surface area contributed by atoms with E-state index in [4.69, 9.17) is 11.6 Å². The van der Waals surface area contributed by atoms with Crippen LogP contribution in [0.1, 0.15) is 21.7 Å². The van der Waals surface area contributed by atoms with Crippen molar-refractivity contribution < 1.29 is 4.79 Å². The van der Waals surface area contributed by atoms with Crippen LogP contribution in [-0.4, -0.2) is 16.1 Å². The highest BCUT2D eigenvalue weighted by Crippen LogP contribution is 2.26. The number of aromatic amines is 1. The first-order chi connectivity index (χ1) is 8.49. The van der Waals surface area contributed by atoms with Gasteiger partial charge in [-0.05, 0) is 32.0 Å². The number of anilines is 1. The Kier molecular flexibility index (Phi) is 3.73. The number of nitrogens with one attached hydrogen (secondary N) is 2. The molecule has 2 aromatic rings. The largest absolute Gasteiger partial charge is 0.320 e. The van der Waals surface area contributed by atoms with Crippen molar-refractivity contribution in [1.29, 1.82) is 0 Å². The number of amides is 1. The quantitative estimate of drug-likeness (QED) is 0.883. The maximum absolute atomic E-state index is 12.1. The van der Waals surface area contributed by atoms with Crippen LogP contribution in [0.15, 0.2) is 22.7 Å². The highest BCUT2D eigenvalue weighted by Gasteiger charge is 2.16. The molecule has 0 aliphatic rings. The van der Waals surface area contributed by atoms with Gasteiger partial charge in [0.25, 0.3) is 5.91 Å². The molecule has 0 aliphatic carbocycles. The van der Waals surface area contributed by atoms with Gasteiger partial charge in [0.1, 0.15) is 0 Å². The van der Waals surface area contributed by atoms with Gasteiger partial charge in [-0.25, -0.2) is 0 Å². The number of benzene rings is 1. The first-order valence-corrected chi connectivity index (χ1v) is 6.44. The molecule has 0 atom stereocenters. The van der Waals surface area contributed by atoms with Gasteiger partial charge in [-0.1, -0.05) is 27.5 Å². The third kappa shape index (κ3) is 2.57. The fraction of sp³-hybridized carbons (Fsp3) is 0.167. The lowest BCUT2D eigenvalue weighted by atomic mass is 10.2. The van der Waals surface area contributed by atoms with E-state index in [1.54, 1.807) is 26.0 Å². The van der Waals surface area contributed by atoms with Crippen LogP contribution in [0, 0.1) is 13.8 Å². The van der Waals surface area contributed by atoms with Crippen molar-refractivity contribution in [3.8, 4) is 0 Å². The molecule has 2 N–H and O–H groups in total. The Morgan fingerprint density at radius 3 is 2.78 bits per heavy atom. The molecule has 0 saturated carbocycles. The normalized spacial score (nSPS) is 10.4. The molecule has 0 fully saturated rings. The van der Waals surface area contributed by atoms with E-state index in [1.165, 1.54) is 0 Å². The van der Waals surface area contributed by atoms with Crippen LogP contribution < -0.4 is 5.32 Å². The second kappa shape index (κ2) is 5.12. The molecule has 0 radical (unpaired) electrons. The van der Waals surface area contributed by atoms with Gasteiger partial charge >= 0.3 is 0 Å². The van der Waals surface area contributed by atoms with Gasteiger partial charge in [-0.3, -0.25) is 9.89 Å². The molecule has 0 spiro atoms. The third-order valence-corrected chi connectivity index (χ3v) is 3.35. The molecule has 0 aliphatic heterocycles. The number of aryl methyl sites for hydroxylation is 2. The molecule has 2 rings (SSSR count). The Morgan fingerprint density at radius 1 is 1.44 bits per heavy atom. The summed E-state index contributed by atoms with van der Waals surface area (Å²) in [6, 6.07) is 5.29. The first-order valence-electron chi connectivity index (χ1n) is 5.27. The fourth-order valence-electron chi connectivity index (χ4n) is 1.66. The molecule has 0 bridgehead atoms. The van der Waals surface area contributed by atoms with Crippen LogP contribution in [0.25, 0.3) is 0 Å². The number of carbonyl (C=O) groups excluding carboxylic acids is 1. The minimum atomic E-state index is -0.223. The molecule has 1 amide bonds. The summed E-state index contributed by atoms with van der Waals surface area (Å²) < 4.78 is 0.850. The summed E-state index contributed by atoms with van der Waals surface area (Å²) in [5, 5.41) is 10.0. The molecule has 0 unspecified atom stereocenters. The molecule has 1 heterocycles. The molecule has 1 aromatic carbocycles. The smallest absolute Gasteiger partial charge is 0.259 e. The van der Waals surface area contributed by atoms with Gasteiger partial charge in [-0.2, -0.15) is 5.10 Å². The molecular weight excluding hydrogens is 318 g/mol. The second-order valence-corrected chi connectivity index (χ2v) is 5.21. The number of hydrogen-bond acceptors (Lipinski definition) is 2. The Hall–Kier alpha value is -1.33. The van der Waals surface area contributed by atoms with E-state index in [1.807, 2.05) is 6.07 Å². The SMILES string of the molecule is Cc1n[nH]c(C)c1C(=O)Nc1cc(Br)ccc1Cl. The summed E-state index contributed by atoms with van der Waals surface area (Å²) in [6.45, 7) is 3.58. The van der Waals surface area contributed by atoms with Crippen LogP contribution in [-0.2, 0) is 0 Å². The van der Waals surface area contributed by atoms with E-state index < -0.39 is 0 Å². The Labute approximate surface area is 118 Å². The highest BCUT2D eigenvalue weighted by atomic mass is 79.9. The zero-order valence-electron chi connectivity index (χ0n) is 9.84. The first kappa shape index (κ1) is 13.1.